The van der Waals surface area contributed by atoms with E-state index in [0.29, 0.717) is 27.2 Å². The first-order chi connectivity index (χ1) is 18.1. The monoisotopic (exact) mass is 603 g/mol. The summed E-state index contributed by atoms with van der Waals surface area (Å²) in [6.45, 7) is 1.11. The van der Waals surface area contributed by atoms with Gasteiger partial charge in [0.05, 0.1) is 35.5 Å². The molecule has 0 fully saturated rings. The molecule has 0 spiro atoms. The number of carbonyl (C=O) groups is 2. The Morgan fingerprint density at radius 3 is 2.45 bits per heavy atom. The third kappa shape index (κ3) is 7.56. The molecule has 1 amide bonds. The van der Waals surface area contributed by atoms with E-state index in [1.54, 1.807) is 48.5 Å². The summed E-state index contributed by atoms with van der Waals surface area (Å²) in [5.74, 6) is -0.298. The highest BCUT2D eigenvalue weighted by Crippen LogP contribution is 2.30. The number of hydrogen-bond donors (Lipinski definition) is 1. The maximum Gasteiger partial charge on any atom is 0.343 e. The Kier molecular flexibility index (Phi) is 9.85. The zero-order valence-electron chi connectivity index (χ0n) is 20.9. The Morgan fingerprint density at radius 2 is 1.79 bits per heavy atom. The van der Waals surface area contributed by atoms with Crippen LogP contribution in [-0.4, -0.2) is 53.9 Å². The number of sulfonamides is 1. The van der Waals surface area contributed by atoms with Crippen molar-refractivity contribution in [1.29, 1.82) is 0 Å². The average molecular weight is 604 g/mol. The molecule has 0 saturated carbocycles. The van der Waals surface area contributed by atoms with Crippen LogP contribution in [0.1, 0.15) is 11.1 Å². The summed E-state index contributed by atoms with van der Waals surface area (Å²) in [5, 5.41) is 3.93. The minimum absolute atomic E-state index is 0.0224. The molecule has 0 aromatic heterocycles. The van der Waals surface area contributed by atoms with E-state index >= 15 is 0 Å². The normalized spacial score (nSPS) is 11.2. The summed E-state index contributed by atoms with van der Waals surface area (Å²) >= 11 is 3.31. The molecule has 0 radical (unpaired) electrons. The van der Waals surface area contributed by atoms with Crippen molar-refractivity contribution in [2.24, 2.45) is 5.10 Å². The van der Waals surface area contributed by atoms with Crippen LogP contribution in [-0.2, 0) is 24.3 Å². The Labute approximate surface area is 229 Å². The lowest BCUT2D eigenvalue weighted by atomic mass is 10.2. The first kappa shape index (κ1) is 28.7. The van der Waals surface area contributed by atoms with Gasteiger partial charge in [-0.1, -0.05) is 29.8 Å². The van der Waals surface area contributed by atoms with Gasteiger partial charge in [-0.15, -0.1) is 0 Å². The second-order valence-electron chi connectivity index (χ2n) is 7.87. The SMILES string of the molecule is COC(=O)COc1cccc(/C=N\NC(=O)CN(c2ccc(C)cc2)S(=O)(=O)c2ccc(OC)c(Br)c2)c1. The number of nitrogens with zero attached hydrogens (tertiary/aromatic N) is 2. The van der Waals surface area contributed by atoms with Crippen molar-refractivity contribution >= 4 is 49.7 Å². The van der Waals surface area contributed by atoms with E-state index in [1.807, 2.05) is 6.92 Å². The molecule has 0 saturated heterocycles. The predicted molar refractivity (Wildman–Crippen MR) is 146 cm³/mol. The molecule has 12 heteroatoms. The lowest BCUT2D eigenvalue weighted by molar-refractivity contribution is -0.142. The second kappa shape index (κ2) is 13.1. The molecule has 0 atom stereocenters. The number of ether oxygens (including phenoxy) is 3. The van der Waals surface area contributed by atoms with Crippen LogP contribution < -0.4 is 19.2 Å². The minimum Gasteiger partial charge on any atom is -0.496 e. The molecule has 0 aliphatic rings. The van der Waals surface area contributed by atoms with E-state index in [1.165, 1.54) is 38.6 Å². The molecule has 0 bridgehead atoms. The van der Waals surface area contributed by atoms with Crippen LogP contribution >= 0.6 is 15.9 Å². The highest BCUT2D eigenvalue weighted by molar-refractivity contribution is 9.10. The van der Waals surface area contributed by atoms with Gasteiger partial charge in [0, 0.05) is 0 Å². The van der Waals surface area contributed by atoms with Crippen LogP contribution in [0.4, 0.5) is 5.69 Å². The number of methoxy groups -OCH3 is 2. The fourth-order valence-electron chi connectivity index (χ4n) is 3.19. The number of amides is 1. The van der Waals surface area contributed by atoms with Gasteiger partial charge >= 0.3 is 5.97 Å². The van der Waals surface area contributed by atoms with Crippen molar-refractivity contribution in [2.75, 3.05) is 31.7 Å². The first-order valence-corrected chi connectivity index (χ1v) is 13.4. The number of halogens is 1. The number of carbonyl (C=O) groups excluding carboxylic acids is 2. The molecule has 1 N–H and O–H groups in total. The van der Waals surface area contributed by atoms with Gasteiger partial charge in [0.15, 0.2) is 6.61 Å². The molecule has 0 aliphatic heterocycles. The van der Waals surface area contributed by atoms with Crippen molar-refractivity contribution in [1.82, 2.24) is 5.43 Å². The van der Waals surface area contributed by atoms with Crippen LogP contribution in [0, 0.1) is 6.92 Å². The van der Waals surface area contributed by atoms with Gasteiger partial charge in [-0.25, -0.2) is 18.6 Å². The van der Waals surface area contributed by atoms with Gasteiger partial charge in [0.25, 0.3) is 15.9 Å². The molecular formula is C26H26BrN3O7S. The van der Waals surface area contributed by atoms with E-state index in [4.69, 9.17) is 9.47 Å². The molecule has 3 aromatic carbocycles. The number of aryl methyl sites for hydroxylation is 1. The first-order valence-electron chi connectivity index (χ1n) is 11.2. The fraction of sp³-hybridized carbons (Fsp3) is 0.192. The summed E-state index contributed by atoms with van der Waals surface area (Å²) < 4.78 is 43.7. The second-order valence-corrected chi connectivity index (χ2v) is 10.6. The third-order valence-electron chi connectivity index (χ3n) is 5.17. The number of hydrogen-bond acceptors (Lipinski definition) is 8. The number of anilines is 1. The van der Waals surface area contributed by atoms with Crippen LogP contribution in [0.15, 0.2) is 81.2 Å². The van der Waals surface area contributed by atoms with Crippen LogP contribution in [0.25, 0.3) is 0 Å². The third-order valence-corrected chi connectivity index (χ3v) is 7.56. The zero-order valence-corrected chi connectivity index (χ0v) is 23.3. The van der Waals surface area contributed by atoms with Gasteiger partial charge in [-0.05, 0) is 70.9 Å². The molecule has 200 valence electrons. The van der Waals surface area contributed by atoms with Gasteiger partial charge in [-0.3, -0.25) is 9.10 Å². The molecule has 0 unspecified atom stereocenters. The number of benzene rings is 3. The van der Waals surface area contributed by atoms with Crippen molar-refractivity contribution in [3.8, 4) is 11.5 Å². The standard InChI is InChI=1S/C26H26BrN3O7S/c1-18-7-9-20(10-8-18)30(38(33,34)22-11-12-24(35-2)23(27)14-22)16-25(31)29-28-15-19-5-4-6-21(13-19)37-17-26(32)36-3/h4-15H,16-17H2,1-3H3,(H,29,31)/b28-15-. The van der Waals surface area contributed by atoms with Gasteiger partial charge in [-0.2, -0.15) is 5.10 Å². The number of rotatable bonds is 11. The van der Waals surface area contributed by atoms with Crippen LogP contribution in [0.5, 0.6) is 11.5 Å². The summed E-state index contributed by atoms with van der Waals surface area (Å²) in [6, 6.07) is 17.8. The fourth-order valence-corrected chi connectivity index (χ4v) is 5.33. The maximum absolute atomic E-state index is 13.6. The molecule has 0 heterocycles. The lowest BCUT2D eigenvalue weighted by Gasteiger charge is -2.24. The van der Waals surface area contributed by atoms with Crippen LogP contribution in [0.2, 0.25) is 0 Å². The topological polar surface area (TPSA) is 124 Å². The van der Waals surface area contributed by atoms with Gasteiger partial charge in [0.1, 0.15) is 18.0 Å². The van der Waals surface area contributed by atoms with E-state index in [0.717, 1.165) is 9.87 Å². The predicted octanol–water partition coefficient (Wildman–Crippen LogP) is 3.66. The molecule has 10 nitrogen and oxygen atoms in total. The van der Waals surface area contributed by atoms with E-state index in [-0.39, 0.29) is 11.5 Å². The number of nitrogens with one attached hydrogen (secondary N) is 1. The highest BCUT2D eigenvalue weighted by Gasteiger charge is 2.28. The Bertz CT molecular complexity index is 1430. The summed E-state index contributed by atoms with van der Waals surface area (Å²) in [5.41, 5.74) is 4.19. The van der Waals surface area contributed by atoms with Crippen molar-refractivity contribution < 1.29 is 32.2 Å². The van der Waals surface area contributed by atoms with E-state index < -0.39 is 28.4 Å². The molecule has 3 rings (SSSR count). The van der Waals surface area contributed by atoms with E-state index in [9.17, 15) is 18.0 Å². The van der Waals surface area contributed by atoms with E-state index in [2.05, 4.69) is 31.2 Å². The molecule has 0 aliphatic carbocycles. The molecule has 38 heavy (non-hydrogen) atoms. The van der Waals surface area contributed by atoms with Gasteiger partial charge in [0.2, 0.25) is 0 Å². The van der Waals surface area contributed by atoms with Crippen molar-refractivity contribution in [2.45, 2.75) is 11.8 Å². The summed E-state index contributed by atoms with van der Waals surface area (Å²) in [4.78, 5) is 24.0. The number of hydrazone groups is 1. The van der Waals surface area contributed by atoms with Crippen LogP contribution in [0.3, 0.4) is 0 Å². The van der Waals surface area contributed by atoms with Gasteiger partial charge < -0.3 is 14.2 Å². The Morgan fingerprint density at radius 1 is 1.05 bits per heavy atom. The summed E-state index contributed by atoms with van der Waals surface area (Å²) in [7, 11) is -1.39. The Hall–Kier alpha value is -3.90. The Balaban J connectivity index is 1.78. The molecular weight excluding hydrogens is 578 g/mol. The highest BCUT2D eigenvalue weighted by atomic mass is 79.9. The number of esters is 1. The smallest absolute Gasteiger partial charge is 0.343 e. The average Bonchev–Trinajstić information content (AvgIpc) is 2.91. The minimum atomic E-state index is -4.13. The quantitative estimate of drug-likeness (QED) is 0.201. The largest absolute Gasteiger partial charge is 0.496 e. The molecule has 3 aromatic rings. The lowest BCUT2D eigenvalue weighted by Crippen LogP contribution is -2.39. The zero-order chi connectivity index (χ0) is 27.7. The van der Waals surface area contributed by atoms with Crippen molar-refractivity contribution in [3.63, 3.8) is 0 Å². The maximum atomic E-state index is 13.6. The summed E-state index contributed by atoms with van der Waals surface area (Å²) in [6.07, 6.45) is 1.37. The van der Waals surface area contributed by atoms with Crippen molar-refractivity contribution in [3.05, 3.63) is 82.3 Å².